The van der Waals surface area contributed by atoms with Crippen LogP contribution in [0.1, 0.15) is 5.69 Å². The Morgan fingerprint density at radius 1 is 1.19 bits per heavy atom. The van der Waals surface area contributed by atoms with Crippen LogP contribution in [0.4, 0.5) is 0 Å². The third-order valence-electron chi connectivity index (χ3n) is 1.79. The average Bonchev–Trinajstić information content (AvgIpc) is 2.32. The molecule has 0 spiro atoms. The van der Waals surface area contributed by atoms with Crippen LogP contribution in [0.3, 0.4) is 0 Å². The van der Waals surface area contributed by atoms with Crippen LogP contribution in [-0.4, -0.2) is 15.1 Å². The van der Waals surface area contributed by atoms with Crippen LogP contribution in [0.25, 0.3) is 0 Å². The fraction of sp³-hybridized carbons (Fsp3) is 0. The Morgan fingerprint density at radius 2 is 1.94 bits per heavy atom. The summed E-state index contributed by atoms with van der Waals surface area (Å²) in [5.74, 6) is 0.219. The predicted octanol–water partition coefficient (Wildman–Crippen LogP) is 2.21. The number of aromatic hydroxyl groups is 1. The lowest BCUT2D eigenvalue weighted by Gasteiger charge is -1.99. The summed E-state index contributed by atoms with van der Waals surface area (Å²) in [6.07, 6.45) is 1.55. The molecule has 2 rings (SSSR count). The second kappa shape index (κ2) is 4.64. The molecule has 2 aromatic rings. The van der Waals surface area contributed by atoms with Crippen molar-refractivity contribution in [2.24, 2.45) is 0 Å². The van der Waals surface area contributed by atoms with Crippen LogP contribution < -0.4 is 0 Å². The number of rotatable bonds is 2. The third-order valence-corrected chi connectivity index (χ3v) is 2.68. The van der Waals surface area contributed by atoms with E-state index in [1.54, 1.807) is 36.5 Å². The van der Waals surface area contributed by atoms with E-state index in [1.807, 2.05) is 6.07 Å². The van der Waals surface area contributed by atoms with Crippen molar-refractivity contribution in [1.29, 1.82) is 5.26 Å². The van der Waals surface area contributed by atoms with Crippen molar-refractivity contribution in [2.75, 3.05) is 0 Å². The highest BCUT2D eigenvalue weighted by Gasteiger charge is 2.01. The van der Waals surface area contributed by atoms with Crippen molar-refractivity contribution < 1.29 is 5.11 Å². The number of phenolic OH excluding ortho intramolecular Hbond substituents is 1. The van der Waals surface area contributed by atoms with E-state index < -0.39 is 0 Å². The van der Waals surface area contributed by atoms with Gasteiger partial charge in [-0.2, -0.15) is 5.26 Å². The van der Waals surface area contributed by atoms with Gasteiger partial charge in [0.05, 0.1) is 0 Å². The van der Waals surface area contributed by atoms with E-state index >= 15 is 0 Å². The van der Waals surface area contributed by atoms with Gasteiger partial charge in [0.2, 0.25) is 0 Å². The third kappa shape index (κ3) is 2.49. The van der Waals surface area contributed by atoms with Gasteiger partial charge in [0.1, 0.15) is 17.5 Å². The zero-order chi connectivity index (χ0) is 11.4. The highest BCUT2D eigenvalue weighted by Crippen LogP contribution is 2.25. The minimum absolute atomic E-state index is 0.219. The highest BCUT2D eigenvalue weighted by atomic mass is 32.2. The average molecular weight is 229 g/mol. The van der Waals surface area contributed by atoms with E-state index in [0.29, 0.717) is 10.9 Å². The topological polar surface area (TPSA) is 69.8 Å². The Morgan fingerprint density at radius 3 is 2.62 bits per heavy atom. The van der Waals surface area contributed by atoms with Crippen molar-refractivity contribution >= 4 is 11.8 Å². The molecule has 0 aliphatic rings. The Kier molecular flexibility index (Phi) is 3.03. The van der Waals surface area contributed by atoms with Gasteiger partial charge in [-0.05, 0) is 42.1 Å². The molecule has 0 radical (unpaired) electrons. The molecular weight excluding hydrogens is 222 g/mol. The van der Waals surface area contributed by atoms with Crippen molar-refractivity contribution in [2.45, 2.75) is 10.1 Å². The number of phenols is 1. The van der Waals surface area contributed by atoms with Gasteiger partial charge in [-0.25, -0.2) is 9.97 Å². The van der Waals surface area contributed by atoms with Gasteiger partial charge in [0, 0.05) is 11.1 Å². The molecule has 78 valence electrons. The van der Waals surface area contributed by atoms with E-state index in [0.717, 1.165) is 4.90 Å². The number of benzene rings is 1. The minimum atomic E-state index is 0.219. The molecule has 0 atom stereocenters. The summed E-state index contributed by atoms with van der Waals surface area (Å²) in [5.41, 5.74) is 0.344. The van der Waals surface area contributed by atoms with Crippen LogP contribution in [0.15, 0.2) is 46.6 Å². The molecular formula is C11H7N3OS. The van der Waals surface area contributed by atoms with Crippen molar-refractivity contribution in [3.63, 3.8) is 0 Å². The van der Waals surface area contributed by atoms with Gasteiger partial charge >= 0.3 is 0 Å². The molecule has 1 heterocycles. The number of aromatic nitrogens is 2. The molecule has 0 saturated carbocycles. The van der Waals surface area contributed by atoms with Crippen LogP contribution in [0.2, 0.25) is 0 Å². The smallest absolute Gasteiger partial charge is 0.193 e. The second-order valence-corrected chi connectivity index (χ2v) is 3.97. The Hall–Kier alpha value is -2.06. The summed E-state index contributed by atoms with van der Waals surface area (Å²) in [6, 6.07) is 10.2. The van der Waals surface area contributed by atoms with Crippen molar-refractivity contribution in [3.05, 3.63) is 42.2 Å². The quantitative estimate of drug-likeness (QED) is 0.799. The lowest BCUT2D eigenvalue weighted by molar-refractivity contribution is 0.475. The van der Waals surface area contributed by atoms with E-state index in [9.17, 15) is 0 Å². The van der Waals surface area contributed by atoms with Crippen LogP contribution >= 0.6 is 11.8 Å². The molecule has 0 fully saturated rings. The zero-order valence-corrected chi connectivity index (χ0v) is 8.98. The monoisotopic (exact) mass is 229 g/mol. The van der Waals surface area contributed by atoms with Gasteiger partial charge in [-0.1, -0.05) is 0 Å². The first-order valence-electron chi connectivity index (χ1n) is 4.48. The number of hydrogen-bond donors (Lipinski definition) is 1. The molecule has 0 saturated heterocycles. The van der Waals surface area contributed by atoms with E-state index in [-0.39, 0.29) is 5.75 Å². The number of nitrogens with zero attached hydrogens (tertiary/aromatic N) is 3. The maximum absolute atomic E-state index is 9.12. The van der Waals surface area contributed by atoms with Gasteiger partial charge < -0.3 is 5.11 Å². The maximum Gasteiger partial charge on any atom is 0.193 e. The predicted molar refractivity (Wildman–Crippen MR) is 59.0 cm³/mol. The lowest BCUT2D eigenvalue weighted by Crippen LogP contribution is -1.88. The zero-order valence-electron chi connectivity index (χ0n) is 8.16. The second-order valence-electron chi connectivity index (χ2n) is 2.93. The summed E-state index contributed by atoms with van der Waals surface area (Å²) in [4.78, 5) is 8.99. The number of nitriles is 1. The normalized spacial score (nSPS) is 9.69. The molecule has 1 aromatic carbocycles. The maximum atomic E-state index is 9.12. The fourth-order valence-corrected chi connectivity index (χ4v) is 1.81. The van der Waals surface area contributed by atoms with Crippen LogP contribution in [-0.2, 0) is 0 Å². The van der Waals surface area contributed by atoms with Crippen LogP contribution in [0.5, 0.6) is 5.75 Å². The lowest BCUT2D eigenvalue weighted by atomic mass is 10.3. The van der Waals surface area contributed by atoms with Gasteiger partial charge in [0.25, 0.3) is 0 Å². The van der Waals surface area contributed by atoms with E-state index in [2.05, 4.69) is 9.97 Å². The summed E-state index contributed by atoms with van der Waals surface area (Å²) in [7, 11) is 0. The number of hydrogen-bond acceptors (Lipinski definition) is 5. The van der Waals surface area contributed by atoms with E-state index in [1.165, 1.54) is 11.8 Å². The molecule has 0 unspecified atom stereocenters. The molecule has 0 aliphatic heterocycles. The van der Waals surface area contributed by atoms with Crippen molar-refractivity contribution in [3.8, 4) is 11.8 Å². The SMILES string of the molecule is N#Cc1ccnc(Sc2ccc(O)cc2)n1. The standard InChI is InChI=1S/C11H7N3OS/c12-7-8-5-6-13-11(14-8)16-10-3-1-9(15)2-4-10/h1-6,15H. The summed E-state index contributed by atoms with van der Waals surface area (Å²) in [6.45, 7) is 0. The molecule has 0 amide bonds. The first-order chi connectivity index (χ1) is 7.78. The fourth-order valence-electron chi connectivity index (χ4n) is 1.07. The summed E-state index contributed by atoms with van der Waals surface area (Å²) < 4.78 is 0. The van der Waals surface area contributed by atoms with Crippen molar-refractivity contribution in [1.82, 2.24) is 9.97 Å². The minimum Gasteiger partial charge on any atom is -0.508 e. The highest BCUT2D eigenvalue weighted by molar-refractivity contribution is 7.99. The molecule has 5 heteroatoms. The summed E-state index contributed by atoms with van der Waals surface area (Å²) >= 11 is 1.34. The first kappa shape index (κ1) is 10.5. The molecule has 4 nitrogen and oxygen atoms in total. The molecule has 1 aromatic heterocycles. The van der Waals surface area contributed by atoms with Gasteiger partial charge in [-0.15, -0.1) is 0 Å². The van der Waals surface area contributed by atoms with E-state index in [4.69, 9.17) is 10.4 Å². The first-order valence-corrected chi connectivity index (χ1v) is 5.29. The molecule has 16 heavy (non-hydrogen) atoms. The largest absolute Gasteiger partial charge is 0.508 e. The van der Waals surface area contributed by atoms with Gasteiger partial charge in [0.15, 0.2) is 5.16 Å². The Balaban J connectivity index is 2.21. The van der Waals surface area contributed by atoms with Crippen LogP contribution in [0, 0.1) is 11.3 Å². The summed E-state index contributed by atoms with van der Waals surface area (Å²) in [5, 5.41) is 18.3. The van der Waals surface area contributed by atoms with Gasteiger partial charge in [-0.3, -0.25) is 0 Å². The Labute approximate surface area is 96.6 Å². The molecule has 0 aliphatic carbocycles. The Bertz CT molecular complexity index is 534. The molecule has 0 bridgehead atoms. The molecule has 1 N–H and O–H groups in total.